The highest BCUT2D eigenvalue weighted by molar-refractivity contribution is 5.86. The molecule has 31 heavy (non-hydrogen) atoms. The van der Waals surface area contributed by atoms with E-state index in [1.165, 1.54) is 11.3 Å². The monoisotopic (exact) mass is 428 g/mol. The van der Waals surface area contributed by atoms with E-state index < -0.39 is 6.09 Å². The topological polar surface area (TPSA) is 102 Å². The van der Waals surface area contributed by atoms with E-state index in [0.29, 0.717) is 6.61 Å². The molecule has 4 rings (SSSR count). The van der Waals surface area contributed by atoms with E-state index in [-0.39, 0.29) is 5.82 Å². The van der Waals surface area contributed by atoms with E-state index in [1.807, 2.05) is 6.07 Å². The maximum absolute atomic E-state index is 14.0. The van der Waals surface area contributed by atoms with Gasteiger partial charge >= 0.3 is 6.09 Å². The molecule has 0 aliphatic carbocycles. The number of aromatic nitrogens is 4. The lowest BCUT2D eigenvalue weighted by Crippen LogP contribution is -2.32. The fourth-order valence-electron chi connectivity index (χ4n) is 4.44. The molecular weight excluding hydrogens is 399 g/mol. The van der Waals surface area contributed by atoms with Crippen molar-refractivity contribution in [3.05, 3.63) is 47.2 Å². The molecule has 3 aromatic rings. The van der Waals surface area contributed by atoms with Crippen LogP contribution in [0.3, 0.4) is 0 Å². The van der Waals surface area contributed by atoms with E-state index in [2.05, 4.69) is 24.9 Å². The van der Waals surface area contributed by atoms with Gasteiger partial charge in [0.05, 0.1) is 18.5 Å². The van der Waals surface area contributed by atoms with Crippen LogP contribution < -0.4 is 5.73 Å². The van der Waals surface area contributed by atoms with Crippen molar-refractivity contribution in [1.82, 2.24) is 24.9 Å². The summed E-state index contributed by atoms with van der Waals surface area (Å²) in [5, 5.41) is 11.7. The molecule has 3 N–H and O–H groups in total. The number of fused-ring (bicyclic) bond motifs is 3. The molecule has 0 fully saturated rings. The van der Waals surface area contributed by atoms with Gasteiger partial charge in [-0.05, 0) is 43.0 Å². The lowest BCUT2D eigenvalue weighted by molar-refractivity contribution is 0.154. The van der Waals surface area contributed by atoms with E-state index in [4.69, 9.17) is 10.5 Å². The number of hydrogen-bond acceptors (Lipinski definition) is 5. The number of aryl methyl sites for hydroxylation is 1. The summed E-state index contributed by atoms with van der Waals surface area (Å²) in [6.07, 6.45) is 6.72. The van der Waals surface area contributed by atoms with E-state index in [0.717, 1.165) is 81.3 Å². The highest BCUT2D eigenvalue weighted by Crippen LogP contribution is 2.32. The molecule has 8 nitrogen and oxygen atoms in total. The number of rotatable bonds is 10. The summed E-state index contributed by atoms with van der Waals surface area (Å²) in [6.45, 7) is 3.99. The number of benzene rings is 1. The summed E-state index contributed by atoms with van der Waals surface area (Å²) in [7, 11) is 0. The van der Waals surface area contributed by atoms with Crippen molar-refractivity contribution in [2.24, 2.45) is 5.73 Å². The number of carbonyl (C=O) groups is 1. The number of aromatic amines is 1. The first kappa shape index (κ1) is 21.3. The molecule has 0 saturated carbocycles. The third kappa shape index (κ3) is 5.22. The average Bonchev–Trinajstić information content (AvgIpc) is 3.37. The van der Waals surface area contributed by atoms with Crippen LogP contribution in [0, 0.1) is 5.82 Å². The molecule has 0 atom stereocenters. The molecule has 0 unspecified atom stereocenters. The first-order chi connectivity index (χ1) is 15.1. The number of carbonyl (C=O) groups excluding carboxylic acids is 1. The predicted octanol–water partition coefficient (Wildman–Crippen LogP) is 3.16. The number of ether oxygens (including phenoxy) is 1. The van der Waals surface area contributed by atoms with Gasteiger partial charge in [0.1, 0.15) is 5.82 Å². The van der Waals surface area contributed by atoms with Crippen molar-refractivity contribution in [2.75, 3.05) is 19.7 Å². The highest BCUT2D eigenvalue weighted by atomic mass is 19.1. The Labute approximate surface area is 180 Å². The molecule has 1 aliphatic rings. The number of nitrogens with two attached hydrogens (primary N) is 1. The van der Waals surface area contributed by atoms with Crippen LogP contribution in [0.25, 0.3) is 10.9 Å². The molecule has 0 saturated heterocycles. The predicted molar refractivity (Wildman–Crippen MR) is 115 cm³/mol. The number of hydrogen-bond donors (Lipinski definition) is 2. The van der Waals surface area contributed by atoms with Crippen molar-refractivity contribution in [3.8, 4) is 0 Å². The minimum atomic E-state index is -0.715. The fourth-order valence-corrected chi connectivity index (χ4v) is 4.44. The lowest BCUT2D eigenvalue weighted by atomic mass is 10.0. The van der Waals surface area contributed by atoms with Crippen LogP contribution >= 0.6 is 0 Å². The number of amides is 1. The van der Waals surface area contributed by atoms with Gasteiger partial charge < -0.3 is 15.0 Å². The number of nitrogens with zero attached hydrogens (tertiary/aromatic N) is 4. The highest BCUT2D eigenvalue weighted by Gasteiger charge is 2.24. The van der Waals surface area contributed by atoms with Crippen LogP contribution in [-0.4, -0.2) is 50.7 Å². The number of nitrogens with one attached hydrogen (secondary N) is 1. The third-order valence-corrected chi connectivity index (χ3v) is 5.96. The van der Waals surface area contributed by atoms with Crippen LogP contribution in [0.2, 0.25) is 0 Å². The second-order valence-electron chi connectivity index (χ2n) is 8.06. The number of primary amides is 1. The van der Waals surface area contributed by atoms with Gasteiger partial charge in [-0.25, -0.2) is 9.18 Å². The van der Waals surface area contributed by atoms with Gasteiger partial charge in [0.2, 0.25) is 0 Å². The van der Waals surface area contributed by atoms with Crippen molar-refractivity contribution in [1.29, 1.82) is 0 Å². The SMILES string of the molecule is NC(=O)OCCCCCCn1c2c(c3cc(F)ccc31)CN(CCc1cn[nH]n1)CC2. The molecule has 0 radical (unpaired) electrons. The largest absolute Gasteiger partial charge is 0.450 e. The summed E-state index contributed by atoms with van der Waals surface area (Å²) < 4.78 is 21.2. The first-order valence-corrected chi connectivity index (χ1v) is 10.9. The minimum absolute atomic E-state index is 0.193. The summed E-state index contributed by atoms with van der Waals surface area (Å²) in [6, 6.07) is 5.13. The zero-order chi connectivity index (χ0) is 21.6. The smallest absolute Gasteiger partial charge is 0.404 e. The Kier molecular flexibility index (Phi) is 6.81. The quantitative estimate of drug-likeness (QED) is 0.483. The normalized spacial score (nSPS) is 14.1. The van der Waals surface area contributed by atoms with Gasteiger partial charge in [-0.3, -0.25) is 4.90 Å². The Morgan fingerprint density at radius 2 is 2.10 bits per heavy atom. The molecule has 3 heterocycles. The molecule has 1 aliphatic heterocycles. The van der Waals surface area contributed by atoms with Crippen molar-refractivity contribution < 1.29 is 13.9 Å². The van der Waals surface area contributed by atoms with Crippen molar-refractivity contribution >= 4 is 17.0 Å². The summed E-state index contributed by atoms with van der Waals surface area (Å²) >= 11 is 0. The van der Waals surface area contributed by atoms with Crippen molar-refractivity contribution in [2.45, 2.75) is 51.6 Å². The molecule has 0 bridgehead atoms. The van der Waals surface area contributed by atoms with Gasteiger partial charge in [0, 0.05) is 55.6 Å². The third-order valence-electron chi connectivity index (χ3n) is 5.96. The first-order valence-electron chi connectivity index (χ1n) is 10.9. The summed E-state index contributed by atoms with van der Waals surface area (Å²) in [5.41, 5.74) is 9.62. The molecule has 9 heteroatoms. The minimum Gasteiger partial charge on any atom is -0.450 e. The van der Waals surface area contributed by atoms with Crippen LogP contribution in [0.1, 0.15) is 42.6 Å². The molecule has 166 valence electrons. The standard InChI is InChI=1S/C22H29FN6O2/c23-16-5-6-20-18(13-16)19-15-28(10-7-17-14-25-27-26-17)11-8-21(19)29(20)9-3-1-2-4-12-31-22(24)30/h5-6,13-14H,1-4,7-12,15H2,(H2,24,30)(H,25,26,27). The molecular formula is C22H29FN6O2. The van der Waals surface area contributed by atoms with Crippen LogP contribution in [-0.2, 0) is 30.7 Å². The van der Waals surface area contributed by atoms with Gasteiger partial charge in [-0.15, -0.1) is 0 Å². The Morgan fingerprint density at radius 3 is 2.90 bits per heavy atom. The lowest BCUT2D eigenvalue weighted by Gasteiger charge is -2.28. The van der Waals surface area contributed by atoms with E-state index in [9.17, 15) is 9.18 Å². The number of H-pyrrole nitrogens is 1. The second kappa shape index (κ2) is 9.91. The summed E-state index contributed by atoms with van der Waals surface area (Å²) in [4.78, 5) is 13.0. The Balaban J connectivity index is 1.41. The average molecular weight is 429 g/mol. The van der Waals surface area contributed by atoms with Crippen LogP contribution in [0.15, 0.2) is 24.4 Å². The Morgan fingerprint density at radius 1 is 1.23 bits per heavy atom. The van der Waals surface area contributed by atoms with Crippen molar-refractivity contribution in [3.63, 3.8) is 0 Å². The molecule has 1 amide bonds. The molecule has 2 aromatic heterocycles. The van der Waals surface area contributed by atoms with Crippen LogP contribution in [0.4, 0.5) is 9.18 Å². The van der Waals surface area contributed by atoms with Crippen LogP contribution in [0.5, 0.6) is 0 Å². The van der Waals surface area contributed by atoms with E-state index >= 15 is 0 Å². The maximum atomic E-state index is 14.0. The zero-order valence-electron chi connectivity index (χ0n) is 17.6. The molecule has 1 aromatic carbocycles. The van der Waals surface area contributed by atoms with Gasteiger partial charge in [-0.1, -0.05) is 6.42 Å². The zero-order valence-corrected chi connectivity index (χ0v) is 17.6. The second-order valence-corrected chi connectivity index (χ2v) is 8.06. The Bertz CT molecular complexity index is 1020. The number of halogens is 1. The number of unbranched alkanes of at least 4 members (excludes halogenated alkanes) is 3. The summed E-state index contributed by atoms with van der Waals surface area (Å²) in [5.74, 6) is -0.193. The van der Waals surface area contributed by atoms with E-state index in [1.54, 1.807) is 18.3 Å². The Hall–Kier alpha value is -2.94. The fraction of sp³-hybridized carbons (Fsp3) is 0.500. The molecule has 0 spiro atoms. The van der Waals surface area contributed by atoms with Gasteiger partial charge in [-0.2, -0.15) is 15.4 Å². The van der Waals surface area contributed by atoms with Gasteiger partial charge in [0.25, 0.3) is 0 Å². The maximum Gasteiger partial charge on any atom is 0.404 e. The van der Waals surface area contributed by atoms with Gasteiger partial charge in [0.15, 0.2) is 0 Å².